The molecule has 1 aromatic heterocycles. The fourth-order valence-corrected chi connectivity index (χ4v) is 1.08. The summed E-state index contributed by atoms with van der Waals surface area (Å²) in [4.78, 5) is 4.82. The van der Waals surface area contributed by atoms with Gasteiger partial charge in [-0.05, 0) is 6.07 Å². The van der Waals surface area contributed by atoms with Gasteiger partial charge in [0.1, 0.15) is 17.2 Å². The van der Waals surface area contributed by atoms with Crippen LogP contribution in [0.2, 0.25) is 10.0 Å². The normalized spacial score (nSPS) is 10.3. The maximum atomic E-state index is 8.49. The minimum absolute atomic E-state index is 0.550. The predicted molar refractivity (Wildman–Crippen MR) is 39.2 cm³/mol. The molecule has 0 aliphatic rings. The third kappa shape index (κ3) is 9.95. The number of rotatable bonds is 1. The number of hydrogen-bond donors (Lipinski definition) is 0. The summed E-state index contributed by atoms with van der Waals surface area (Å²) >= 11 is 11.3. The molecule has 0 atom stereocenters. The molecular formula is C6H6Cl3NO5. The van der Waals surface area contributed by atoms with Gasteiger partial charge in [0.25, 0.3) is 0 Å². The second-order valence-electron chi connectivity index (χ2n) is 2.09. The maximum Gasteiger partial charge on any atom is 0.241 e. The summed E-state index contributed by atoms with van der Waals surface area (Å²) in [5.41, 5.74) is 0. The smallest absolute Gasteiger partial charge is 0.241 e. The first-order valence-electron chi connectivity index (χ1n) is 3.26. The van der Waals surface area contributed by atoms with Gasteiger partial charge >= 0.3 is 0 Å². The van der Waals surface area contributed by atoms with Crippen LogP contribution in [0.25, 0.3) is 0 Å². The van der Waals surface area contributed by atoms with Crippen molar-refractivity contribution in [3.05, 3.63) is 28.5 Å². The molecule has 15 heavy (non-hydrogen) atoms. The van der Waals surface area contributed by atoms with Gasteiger partial charge < -0.3 is 0 Å². The van der Waals surface area contributed by atoms with E-state index in [0.717, 1.165) is 0 Å². The second-order valence-corrected chi connectivity index (χ2v) is 3.72. The summed E-state index contributed by atoms with van der Waals surface area (Å²) in [6.07, 6.45) is 3.24. The van der Waals surface area contributed by atoms with Crippen LogP contribution in [0.5, 0.6) is 0 Å². The van der Waals surface area contributed by atoms with Crippen molar-refractivity contribution in [2.75, 3.05) is 7.11 Å². The quantitative estimate of drug-likeness (QED) is 0.498. The summed E-state index contributed by atoms with van der Waals surface area (Å²) in [6, 6.07) is 1.64. The molecule has 0 radical (unpaired) electrons. The second kappa shape index (κ2) is 6.29. The molecule has 0 aromatic carbocycles. The molecule has 1 rings (SSSR count). The predicted octanol–water partition coefficient (Wildman–Crippen LogP) is -3.42. The van der Waals surface area contributed by atoms with E-state index < -0.39 is 10.2 Å². The molecule has 1 aromatic rings. The number of hydrogen-bond acceptors (Lipinski definition) is 5. The Balaban J connectivity index is 0.000000336. The number of halogens is 3. The zero-order chi connectivity index (χ0) is 12.1. The first-order valence-corrected chi connectivity index (χ1v) is 5.25. The molecule has 0 spiro atoms. The van der Waals surface area contributed by atoms with Crippen LogP contribution in [0.15, 0.2) is 18.5 Å². The molecule has 0 fully saturated rings. The zero-order valence-corrected chi connectivity index (χ0v) is 9.62. The summed E-state index contributed by atoms with van der Waals surface area (Å²) in [5.74, 6) is 0. The first-order chi connectivity index (χ1) is 6.72. The minimum Gasteiger partial charge on any atom is -0.275 e. The van der Waals surface area contributed by atoms with Gasteiger partial charge in [-0.25, -0.2) is 18.6 Å². The lowest BCUT2D eigenvalue weighted by atomic mass is 10.5. The van der Waals surface area contributed by atoms with E-state index in [0.29, 0.717) is 10.0 Å². The fourth-order valence-electron chi connectivity index (χ4n) is 0.592. The van der Waals surface area contributed by atoms with Crippen LogP contribution in [-0.4, -0.2) is 7.11 Å². The van der Waals surface area contributed by atoms with E-state index in [1.165, 1.54) is 11.8 Å². The van der Waals surface area contributed by atoms with Crippen LogP contribution < -0.4 is 28.2 Å². The van der Waals surface area contributed by atoms with Crippen molar-refractivity contribution in [3.8, 4) is 0 Å². The Morgan fingerprint density at radius 2 is 1.47 bits per heavy atom. The van der Waals surface area contributed by atoms with Gasteiger partial charge in [-0.15, -0.1) is 10.2 Å². The van der Waals surface area contributed by atoms with E-state index in [4.69, 9.17) is 46.7 Å². The Labute approximate surface area is 97.5 Å². The highest BCUT2D eigenvalue weighted by molar-refractivity contribution is 6.34. The van der Waals surface area contributed by atoms with Gasteiger partial charge in [0.05, 0.1) is 0 Å². The lowest BCUT2D eigenvalue weighted by Crippen LogP contribution is -2.68. The molecule has 0 aliphatic heterocycles. The highest BCUT2D eigenvalue weighted by atomic mass is 35.7. The van der Waals surface area contributed by atoms with Crippen LogP contribution in [0, 0.1) is 10.2 Å². The molecule has 0 aliphatic carbocycles. The van der Waals surface area contributed by atoms with Gasteiger partial charge in [-0.3, -0.25) is 4.84 Å². The fraction of sp³-hybridized carbons (Fsp3) is 0.167. The molecule has 0 unspecified atom stereocenters. The van der Waals surface area contributed by atoms with Crippen molar-refractivity contribution >= 4 is 23.2 Å². The van der Waals surface area contributed by atoms with Gasteiger partial charge in [-0.1, -0.05) is 23.2 Å². The molecule has 86 valence electrons. The van der Waals surface area contributed by atoms with E-state index in [1.54, 1.807) is 18.5 Å². The van der Waals surface area contributed by atoms with Crippen molar-refractivity contribution in [2.45, 2.75) is 0 Å². The van der Waals surface area contributed by atoms with Crippen molar-refractivity contribution in [1.82, 2.24) is 0 Å². The molecule has 1 heterocycles. The average Bonchev–Trinajstić information content (AvgIpc) is 1.99. The Kier molecular flexibility index (Phi) is 6.15. The molecule has 0 amide bonds. The Morgan fingerprint density at radius 1 is 1.13 bits per heavy atom. The highest BCUT2D eigenvalue weighted by Crippen LogP contribution is 2.10. The maximum absolute atomic E-state index is 8.49. The summed E-state index contributed by atoms with van der Waals surface area (Å²) in [7, 11) is -3.41. The van der Waals surface area contributed by atoms with Crippen molar-refractivity contribution in [2.24, 2.45) is 0 Å². The molecular weight excluding hydrogens is 272 g/mol. The Bertz CT molecular complexity index is 290. The topological polar surface area (TPSA) is 105 Å². The van der Waals surface area contributed by atoms with E-state index in [9.17, 15) is 0 Å². The monoisotopic (exact) mass is 277 g/mol. The van der Waals surface area contributed by atoms with Gasteiger partial charge in [0, 0.05) is 4.73 Å². The molecule has 9 heteroatoms. The molecule has 6 nitrogen and oxygen atoms in total. The van der Waals surface area contributed by atoms with Crippen molar-refractivity contribution in [3.63, 3.8) is 0 Å². The van der Waals surface area contributed by atoms with Gasteiger partial charge in [0.2, 0.25) is 12.4 Å². The van der Waals surface area contributed by atoms with Crippen molar-refractivity contribution in [1.29, 1.82) is 0 Å². The van der Waals surface area contributed by atoms with Crippen LogP contribution in [0.4, 0.5) is 0 Å². The zero-order valence-electron chi connectivity index (χ0n) is 7.35. The summed E-state index contributed by atoms with van der Waals surface area (Å²) in [6.45, 7) is 0. The molecule has 0 N–H and O–H groups in total. The third-order valence-corrected chi connectivity index (χ3v) is 1.40. The lowest BCUT2D eigenvalue weighted by Gasteiger charge is -2.17. The van der Waals surface area contributed by atoms with Crippen LogP contribution >= 0.6 is 23.2 Å². The lowest BCUT2D eigenvalue weighted by molar-refractivity contribution is -2.00. The number of pyridine rings is 1. The average molecular weight is 278 g/mol. The van der Waals surface area contributed by atoms with E-state index in [-0.39, 0.29) is 0 Å². The number of nitrogens with zero attached hydrogens (tertiary/aromatic N) is 1. The highest BCUT2D eigenvalue weighted by Gasteiger charge is 2.03. The van der Waals surface area contributed by atoms with Crippen LogP contribution in [-0.2, 0) is 0 Å². The molecule has 0 saturated carbocycles. The molecule has 0 saturated heterocycles. The minimum atomic E-state index is -4.94. The summed E-state index contributed by atoms with van der Waals surface area (Å²) in [5, 5.41) is 1.10. The van der Waals surface area contributed by atoms with Crippen LogP contribution in [0.1, 0.15) is 0 Å². The van der Waals surface area contributed by atoms with Gasteiger partial charge in [-0.2, -0.15) is 0 Å². The Morgan fingerprint density at radius 3 is 1.73 bits per heavy atom. The largest absolute Gasteiger partial charge is 0.275 e. The van der Waals surface area contributed by atoms with E-state index >= 15 is 0 Å². The SMILES string of the molecule is CO[n+]1cc(Cl)cc(Cl)c1.[O-][Cl+3]([O-])([O-])[O-]. The van der Waals surface area contributed by atoms with E-state index in [2.05, 4.69) is 0 Å². The van der Waals surface area contributed by atoms with Crippen molar-refractivity contribution < 1.29 is 38.4 Å². The Hall–Kier alpha value is -0.340. The standard InChI is InChI=1S/C6H6Cl2NO.ClHO4/c1-10-9-3-5(7)2-6(8)4-9;2-1(3,4)5/h2-4H,1H3;(H,2,3,4,5)/q+1;/p-1. The summed E-state index contributed by atoms with van der Waals surface area (Å²) < 4.78 is 35.4. The third-order valence-electron chi connectivity index (χ3n) is 0.988. The molecule has 0 bridgehead atoms. The van der Waals surface area contributed by atoms with Crippen LogP contribution in [0.3, 0.4) is 0 Å². The van der Waals surface area contributed by atoms with Gasteiger partial charge in [0.15, 0.2) is 0 Å². The first kappa shape index (κ1) is 14.7. The number of aromatic nitrogens is 1. The van der Waals surface area contributed by atoms with E-state index in [1.807, 2.05) is 0 Å².